The number of alkyl halides is 6. The SMILES string of the molecule is CC(C)(C1CCN(C(=O)[C@@H](N)Cc2ccc(C(F)(F)F)cc2)CC1)S(=O)(=O)c1cccc(C(F)(F)F)c1. The van der Waals surface area contributed by atoms with Gasteiger partial charge in [0.25, 0.3) is 0 Å². The molecule has 2 N–H and O–H groups in total. The second-order valence-electron chi connectivity index (χ2n) is 9.74. The molecule has 1 amide bonds. The van der Waals surface area contributed by atoms with Crippen LogP contribution in [0.4, 0.5) is 26.3 Å². The molecule has 1 fully saturated rings. The molecular weight excluding hydrogens is 522 g/mol. The lowest BCUT2D eigenvalue weighted by atomic mass is 9.85. The molecule has 5 nitrogen and oxygen atoms in total. The van der Waals surface area contributed by atoms with Gasteiger partial charge in [0.15, 0.2) is 9.84 Å². The van der Waals surface area contributed by atoms with Crippen LogP contribution in [0.3, 0.4) is 0 Å². The van der Waals surface area contributed by atoms with E-state index in [9.17, 15) is 39.6 Å². The Morgan fingerprint density at radius 2 is 1.49 bits per heavy atom. The zero-order chi connectivity index (χ0) is 27.8. The van der Waals surface area contributed by atoms with Crippen LogP contribution < -0.4 is 5.73 Å². The van der Waals surface area contributed by atoms with E-state index in [0.717, 1.165) is 30.3 Å². The molecule has 0 unspecified atom stereocenters. The minimum absolute atomic E-state index is 0.0340. The maximum atomic E-state index is 13.3. The van der Waals surface area contributed by atoms with E-state index in [-0.39, 0.29) is 19.5 Å². The van der Waals surface area contributed by atoms with Gasteiger partial charge in [-0.05, 0) is 74.9 Å². The van der Waals surface area contributed by atoms with Gasteiger partial charge in [0.2, 0.25) is 5.91 Å². The van der Waals surface area contributed by atoms with Crippen LogP contribution in [-0.2, 0) is 33.4 Å². The maximum Gasteiger partial charge on any atom is 0.416 e. The standard InChI is InChI=1S/C25H28F6N2O3S/c1-23(2,37(35,36)20-5-3-4-19(15-20)25(29,30)31)17-10-12-33(13-11-17)22(34)21(32)14-16-6-8-18(9-7-16)24(26,27)28/h3-9,15,17,21H,10-14,32H2,1-2H3/t21-/m0/s1. The first-order chi connectivity index (χ1) is 16.9. The molecule has 2 aromatic rings. The van der Waals surface area contributed by atoms with Gasteiger partial charge in [-0.15, -0.1) is 0 Å². The summed E-state index contributed by atoms with van der Waals surface area (Å²) in [6.45, 7) is 3.35. The Hall–Kier alpha value is -2.60. The number of amides is 1. The van der Waals surface area contributed by atoms with Crippen LogP contribution in [0.5, 0.6) is 0 Å². The van der Waals surface area contributed by atoms with Crippen molar-refractivity contribution in [2.45, 2.75) is 61.1 Å². The number of rotatable bonds is 6. The van der Waals surface area contributed by atoms with Gasteiger partial charge >= 0.3 is 12.4 Å². The molecule has 3 rings (SSSR count). The Kier molecular flexibility index (Phi) is 8.05. The fourth-order valence-corrected chi connectivity index (χ4v) is 6.39. The lowest BCUT2D eigenvalue weighted by Crippen LogP contribution is -2.51. The number of likely N-dealkylation sites (tertiary alicyclic amines) is 1. The van der Waals surface area contributed by atoms with Crippen molar-refractivity contribution in [2.24, 2.45) is 11.7 Å². The molecule has 0 radical (unpaired) electrons. The maximum absolute atomic E-state index is 13.3. The zero-order valence-corrected chi connectivity index (χ0v) is 21.1. The summed E-state index contributed by atoms with van der Waals surface area (Å²) in [4.78, 5) is 13.9. The Labute approximate surface area is 211 Å². The van der Waals surface area contributed by atoms with Gasteiger partial charge in [0, 0.05) is 13.1 Å². The topological polar surface area (TPSA) is 80.5 Å². The molecule has 1 heterocycles. The molecule has 0 bridgehead atoms. The predicted octanol–water partition coefficient (Wildman–Crippen LogP) is 5.09. The first-order valence-corrected chi connectivity index (χ1v) is 13.1. The number of carbonyl (C=O) groups is 1. The second kappa shape index (κ2) is 10.3. The third kappa shape index (κ3) is 6.28. The van der Waals surface area contributed by atoms with Crippen molar-refractivity contribution in [3.05, 3.63) is 65.2 Å². The van der Waals surface area contributed by atoms with Gasteiger partial charge in [-0.25, -0.2) is 8.42 Å². The van der Waals surface area contributed by atoms with Gasteiger partial charge in [-0.2, -0.15) is 26.3 Å². The molecule has 1 atom stereocenters. The van der Waals surface area contributed by atoms with Crippen molar-refractivity contribution in [3.8, 4) is 0 Å². The third-order valence-electron chi connectivity index (χ3n) is 7.01. The Bertz CT molecular complexity index is 1220. The molecule has 12 heteroatoms. The van der Waals surface area contributed by atoms with Crippen molar-refractivity contribution in [1.29, 1.82) is 0 Å². The number of carbonyl (C=O) groups excluding carboxylic acids is 1. The second-order valence-corrected chi connectivity index (χ2v) is 12.3. The van der Waals surface area contributed by atoms with Crippen LogP contribution >= 0.6 is 0 Å². The van der Waals surface area contributed by atoms with E-state index in [2.05, 4.69) is 0 Å². The number of nitrogens with zero attached hydrogens (tertiary/aromatic N) is 1. The highest BCUT2D eigenvalue weighted by molar-refractivity contribution is 7.92. The van der Waals surface area contributed by atoms with Gasteiger partial charge in [0.1, 0.15) is 0 Å². The highest BCUT2D eigenvalue weighted by Crippen LogP contribution is 2.39. The van der Waals surface area contributed by atoms with Crippen molar-refractivity contribution in [1.82, 2.24) is 4.90 Å². The molecule has 1 aliphatic rings. The molecule has 1 aliphatic heterocycles. The lowest BCUT2D eigenvalue weighted by Gasteiger charge is -2.40. The summed E-state index contributed by atoms with van der Waals surface area (Å²) in [5.41, 5.74) is 4.63. The van der Waals surface area contributed by atoms with Crippen LogP contribution in [0.1, 0.15) is 43.4 Å². The average molecular weight is 551 g/mol. The summed E-state index contributed by atoms with van der Waals surface area (Å²) in [6.07, 6.45) is -8.52. The smallest absolute Gasteiger partial charge is 0.341 e. The van der Waals surface area contributed by atoms with Crippen LogP contribution in [0.25, 0.3) is 0 Å². The molecule has 204 valence electrons. The number of nitrogens with two attached hydrogens (primary N) is 1. The molecule has 0 aromatic heterocycles. The van der Waals surface area contributed by atoms with Crippen molar-refractivity contribution < 1.29 is 39.6 Å². The summed E-state index contributed by atoms with van der Waals surface area (Å²) < 4.78 is 103. The molecule has 37 heavy (non-hydrogen) atoms. The van der Waals surface area contributed by atoms with Gasteiger partial charge in [0.05, 0.1) is 26.8 Å². The fraction of sp³-hybridized carbons (Fsp3) is 0.480. The zero-order valence-electron chi connectivity index (χ0n) is 20.2. The highest BCUT2D eigenvalue weighted by atomic mass is 32.2. The van der Waals surface area contributed by atoms with Gasteiger partial charge in [-0.3, -0.25) is 4.79 Å². The molecule has 0 saturated carbocycles. The van der Waals surface area contributed by atoms with E-state index in [4.69, 9.17) is 5.73 Å². The van der Waals surface area contributed by atoms with Crippen LogP contribution in [0.15, 0.2) is 53.4 Å². The average Bonchev–Trinajstić information content (AvgIpc) is 2.83. The van der Waals surface area contributed by atoms with E-state index >= 15 is 0 Å². The summed E-state index contributed by atoms with van der Waals surface area (Å²) in [5.74, 6) is -0.834. The van der Waals surface area contributed by atoms with Gasteiger partial charge in [-0.1, -0.05) is 18.2 Å². The first-order valence-electron chi connectivity index (χ1n) is 11.6. The van der Waals surface area contributed by atoms with E-state index in [0.29, 0.717) is 24.5 Å². The number of hydrogen-bond acceptors (Lipinski definition) is 4. The van der Waals surface area contributed by atoms with Crippen molar-refractivity contribution >= 4 is 15.7 Å². The third-order valence-corrected chi connectivity index (χ3v) is 9.60. The van der Waals surface area contributed by atoms with E-state index in [1.807, 2.05) is 0 Å². The number of hydrogen-bond donors (Lipinski definition) is 1. The number of sulfone groups is 1. The monoisotopic (exact) mass is 550 g/mol. The minimum atomic E-state index is -4.68. The number of piperidine rings is 1. The van der Waals surface area contributed by atoms with Crippen molar-refractivity contribution in [3.63, 3.8) is 0 Å². The quantitative estimate of drug-likeness (QED) is 0.509. The van der Waals surface area contributed by atoms with Crippen molar-refractivity contribution in [2.75, 3.05) is 13.1 Å². The molecule has 2 aromatic carbocycles. The first kappa shape index (κ1) is 29.0. The van der Waals surface area contributed by atoms with Gasteiger partial charge < -0.3 is 10.6 Å². The summed E-state index contributed by atoms with van der Waals surface area (Å²) in [6, 6.07) is 7.04. The minimum Gasteiger partial charge on any atom is -0.341 e. The molecule has 0 aliphatic carbocycles. The van der Waals surface area contributed by atoms with E-state index < -0.39 is 60.8 Å². The summed E-state index contributed by atoms with van der Waals surface area (Å²) in [7, 11) is -4.14. The predicted molar refractivity (Wildman–Crippen MR) is 125 cm³/mol. The molecule has 1 saturated heterocycles. The molecular formula is C25H28F6N2O3S. The Balaban J connectivity index is 1.65. The number of benzene rings is 2. The van der Waals surface area contributed by atoms with E-state index in [1.165, 1.54) is 30.9 Å². The van der Waals surface area contributed by atoms with E-state index in [1.54, 1.807) is 0 Å². The largest absolute Gasteiger partial charge is 0.416 e. The highest BCUT2D eigenvalue weighted by Gasteiger charge is 2.45. The van der Waals surface area contributed by atoms with Crippen LogP contribution in [-0.4, -0.2) is 43.1 Å². The lowest BCUT2D eigenvalue weighted by molar-refractivity contribution is -0.138. The normalized spacial score (nSPS) is 17.1. The summed E-state index contributed by atoms with van der Waals surface area (Å²) >= 11 is 0. The Morgan fingerprint density at radius 3 is 2.00 bits per heavy atom. The molecule has 0 spiro atoms. The number of halogens is 6. The van der Waals surface area contributed by atoms with Crippen LogP contribution in [0, 0.1) is 5.92 Å². The summed E-state index contributed by atoms with van der Waals surface area (Å²) in [5, 5.41) is 0. The Morgan fingerprint density at radius 1 is 0.946 bits per heavy atom. The fourth-order valence-electron chi connectivity index (χ4n) is 4.56. The van der Waals surface area contributed by atoms with Crippen LogP contribution in [0.2, 0.25) is 0 Å².